The summed E-state index contributed by atoms with van der Waals surface area (Å²) in [5.41, 5.74) is 3.18. The standard InChI is InChI=1S/C20H24NO3/c1-4-23-19-15(3)12-18-14(2)10-11-17(19)21(18)20(22)24-13-16-8-6-5-7-9-16/h5-11,17-19H,3-4,12-13H2,1-2H3/t17-,18-,19-/m0/s1. The lowest BCUT2D eigenvalue weighted by molar-refractivity contribution is -0.0136. The summed E-state index contributed by atoms with van der Waals surface area (Å²) in [4.78, 5) is 14.6. The summed E-state index contributed by atoms with van der Waals surface area (Å²) in [6.07, 6.45) is 4.38. The van der Waals surface area contributed by atoms with E-state index in [0.29, 0.717) is 6.61 Å². The Balaban J connectivity index is 1.76. The second-order valence-electron chi connectivity index (χ2n) is 6.30. The van der Waals surface area contributed by atoms with E-state index < -0.39 is 0 Å². The molecule has 24 heavy (non-hydrogen) atoms. The SMILES string of the molecule is C=C1C[C@H]2C(C)=C[CH][C@@H]([C@H]1OCC)N2C(=O)OCc1ccccc1. The van der Waals surface area contributed by atoms with Crippen LogP contribution in [-0.4, -0.2) is 35.8 Å². The molecule has 2 aliphatic heterocycles. The van der Waals surface area contributed by atoms with Crippen molar-refractivity contribution < 1.29 is 14.3 Å². The molecule has 2 bridgehead atoms. The first-order valence-corrected chi connectivity index (χ1v) is 8.41. The minimum Gasteiger partial charge on any atom is -0.445 e. The van der Waals surface area contributed by atoms with Crippen LogP contribution in [0.1, 0.15) is 25.8 Å². The monoisotopic (exact) mass is 326 g/mol. The van der Waals surface area contributed by atoms with Crippen molar-refractivity contribution in [2.45, 2.75) is 45.1 Å². The molecule has 0 aliphatic carbocycles. The predicted octanol–water partition coefficient (Wildman–Crippen LogP) is 3.89. The smallest absolute Gasteiger partial charge is 0.410 e. The summed E-state index contributed by atoms with van der Waals surface area (Å²) in [6.45, 7) is 9.04. The van der Waals surface area contributed by atoms with Crippen molar-refractivity contribution in [1.82, 2.24) is 4.90 Å². The number of ether oxygens (including phenoxy) is 2. The van der Waals surface area contributed by atoms with E-state index >= 15 is 0 Å². The zero-order chi connectivity index (χ0) is 17.1. The number of carbonyl (C=O) groups excluding carboxylic acids is 1. The van der Waals surface area contributed by atoms with Gasteiger partial charge >= 0.3 is 6.09 Å². The normalized spacial score (nSPS) is 26.1. The molecule has 3 atom stereocenters. The molecule has 0 saturated carbocycles. The van der Waals surface area contributed by atoms with Gasteiger partial charge in [0.15, 0.2) is 0 Å². The maximum absolute atomic E-state index is 12.8. The highest BCUT2D eigenvalue weighted by atomic mass is 16.6. The van der Waals surface area contributed by atoms with Crippen LogP contribution in [0.3, 0.4) is 0 Å². The maximum atomic E-state index is 12.8. The number of piperidine rings is 1. The summed E-state index contributed by atoms with van der Waals surface area (Å²) in [5.74, 6) is 0. The molecule has 2 aliphatic rings. The van der Waals surface area contributed by atoms with E-state index in [0.717, 1.165) is 23.1 Å². The van der Waals surface area contributed by atoms with Crippen LogP contribution in [0.4, 0.5) is 4.79 Å². The van der Waals surface area contributed by atoms with Gasteiger partial charge in [-0.15, -0.1) is 0 Å². The second kappa shape index (κ2) is 7.22. The van der Waals surface area contributed by atoms with Crippen LogP contribution in [0.2, 0.25) is 0 Å². The van der Waals surface area contributed by atoms with Crippen molar-refractivity contribution in [3.8, 4) is 0 Å². The van der Waals surface area contributed by atoms with Crippen molar-refractivity contribution >= 4 is 6.09 Å². The first kappa shape index (κ1) is 16.8. The minimum atomic E-state index is -0.297. The number of hydrogen-bond donors (Lipinski definition) is 0. The largest absolute Gasteiger partial charge is 0.445 e. The van der Waals surface area contributed by atoms with Crippen LogP contribution in [0.5, 0.6) is 0 Å². The van der Waals surface area contributed by atoms with Gasteiger partial charge in [0.05, 0.1) is 18.2 Å². The maximum Gasteiger partial charge on any atom is 0.410 e. The first-order chi connectivity index (χ1) is 11.6. The van der Waals surface area contributed by atoms with Gasteiger partial charge < -0.3 is 9.47 Å². The van der Waals surface area contributed by atoms with Gasteiger partial charge in [0.2, 0.25) is 0 Å². The third-order valence-electron chi connectivity index (χ3n) is 4.67. The number of carbonyl (C=O) groups is 1. The number of amides is 1. The third-order valence-corrected chi connectivity index (χ3v) is 4.67. The average Bonchev–Trinajstić information content (AvgIpc) is 2.59. The molecule has 1 saturated heterocycles. The van der Waals surface area contributed by atoms with Crippen LogP contribution >= 0.6 is 0 Å². The minimum absolute atomic E-state index is 0.00693. The molecule has 0 aromatic heterocycles. The Morgan fingerprint density at radius 1 is 1.33 bits per heavy atom. The molecule has 4 heteroatoms. The number of nitrogens with zero attached hydrogens (tertiary/aromatic N) is 1. The summed E-state index contributed by atoms with van der Waals surface area (Å²) < 4.78 is 11.4. The summed E-state index contributed by atoms with van der Waals surface area (Å²) in [6, 6.07) is 9.58. The van der Waals surface area contributed by atoms with Crippen LogP contribution in [-0.2, 0) is 16.1 Å². The van der Waals surface area contributed by atoms with Crippen LogP contribution in [0, 0.1) is 6.42 Å². The Bertz CT molecular complexity index is 638. The van der Waals surface area contributed by atoms with Gasteiger partial charge in [-0.25, -0.2) is 4.79 Å². The lowest BCUT2D eigenvalue weighted by atomic mass is 9.80. The summed E-state index contributed by atoms with van der Waals surface area (Å²) in [5, 5.41) is 0. The fourth-order valence-corrected chi connectivity index (χ4v) is 3.43. The molecular weight excluding hydrogens is 302 g/mol. The number of benzene rings is 1. The average molecular weight is 326 g/mol. The highest BCUT2D eigenvalue weighted by Gasteiger charge is 2.45. The summed E-state index contributed by atoms with van der Waals surface area (Å²) in [7, 11) is 0. The summed E-state index contributed by atoms with van der Waals surface area (Å²) >= 11 is 0. The van der Waals surface area contributed by atoms with E-state index in [2.05, 4.69) is 12.7 Å². The second-order valence-corrected chi connectivity index (χ2v) is 6.30. The lowest BCUT2D eigenvalue weighted by Gasteiger charge is -2.48. The highest BCUT2D eigenvalue weighted by molar-refractivity contribution is 5.71. The van der Waals surface area contributed by atoms with Gasteiger partial charge in [-0.1, -0.05) is 48.6 Å². The number of fused-ring (bicyclic) bond motifs is 2. The van der Waals surface area contributed by atoms with E-state index in [-0.39, 0.29) is 30.9 Å². The van der Waals surface area contributed by atoms with Crippen molar-refractivity contribution in [2.24, 2.45) is 0 Å². The van der Waals surface area contributed by atoms with E-state index in [1.165, 1.54) is 0 Å². The van der Waals surface area contributed by atoms with Gasteiger partial charge in [-0.2, -0.15) is 0 Å². The van der Waals surface area contributed by atoms with E-state index in [4.69, 9.17) is 9.47 Å². The van der Waals surface area contributed by atoms with Crippen LogP contribution in [0.25, 0.3) is 0 Å². The Morgan fingerprint density at radius 2 is 2.08 bits per heavy atom. The predicted molar refractivity (Wildman–Crippen MR) is 93.3 cm³/mol. The van der Waals surface area contributed by atoms with Crippen molar-refractivity contribution in [1.29, 1.82) is 0 Å². The van der Waals surface area contributed by atoms with E-state index in [9.17, 15) is 4.79 Å². The number of hydrogen-bond acceptors (Lipinski definition) is 3. The van der Waals surface area contributed by atoms with Crippen LogP contribution < -0.4 is 0 Å². The van der Waals surface area contributed by atoms with Crippen molar-refractivity contribution in [2.75, 3.05) is 6.61 Å². The lowest BCUT2D eigenvalue weighted by Crippen LogP contribution is -2.59. The van der Waals surface area contributed by atoms with Gasteiger partial charge in [0, 0.05) is 13.0 Å². The fourth-order valence-electron chi connectivity index (χ4n) is 3.43. The quantitative estimate of drug-likeness (QED) is 0.788. The zero-order valence-electron chi connectivity index (χ0n) is 14.3. The molecule has 1 radical (unpaired) electrons. The molecule has 2 heterocycles. The molecule has 0 spiro atoms. The first-order valence-electron chi connectivity index (χ1n) is 8.41. The van der Waals surface area contributed by atoms with Crippen molar-refractivity contribution in [3.63, 3.8) is 0 Å². The Morgan fingerprint density at radius 3 is 2.79 bits per heavy atom. The number of rotatable bonds is 4. The molecule has 0 N–H and O–H groups in total. The molecule has 1 amide bonds. The molecule has 1 fully saturated rings. The molecule has 127 valence electrons. The van der Waals surface area contributed by atoms with Crippen LogP contribution in [0.15, 0.2) is 54.1 Å². The van der Waals surface area contributed by atoms with Gasteiger partial charge in [-0.05, 0) is 31.4 Å². The van der Waals surface area contributed by atoms with E-state index in [1.807, 2.05) is 55.5 Å². The Labute approximate surface area is 143 Å². The highest BCUT2D eigenvalue weighted by Crippen LogP contribution is 2.37. The van der Waals surface area contributed by atoms with Gasteiger partial charge in [-0.3, -0.25) is 4.90 Å². The molecule has 1 aromatic rings. The molecule has 1 aromatic carbocycles. The topological polar surface area (TPSA) is 38.8 Å². The molecule has 3 rings (SSSR count). The zero-order valence-corrected chi connectivity index (χ0v) is 14.3. The fraction of sp³-hybridized carbons (Fsp3) is 0.400. The molecular formula is C20H24NO3. The Hall–Kier alpha value is -2.07. The third kappa shape index (κ3) is 3.24. The van der Waals surface area contributed by atoms with E-state index in [1.54, 1.807) is 0 Å². The molecule has 0 unspecified atom stereocenters. The van der Waals surface area contributed by atoms with Crippen molar-refractivity contribution in [3.05, 3.63) is 66.1 Å². The van der Waals surface area contributed by atoms with Gasteiger partial charge in [0.1, 0.15) is 6.61 Å². The Kier molecular flexibility index (Phi) is 5.05. The molecule has 4 nitrogen and oxygen atoms in total. The van der Waals surface area contributed by atoms with Gasteiger partial charge in [0.25, 0.3) is 0 Å².